The molecule has 3 atom stereocenters. The van der Waals surface area contributed by atoms with E-state index in [1.165, 1.54) is 141 Å². The van der Waals surface area contributed by atoms with Gasteiger partial charge in [0, 0.05) is 6.42 Å². The molecule has 1 amide bonds. The van der Waals surface area contributed by atoms with Crippen LogP contribution in [0.1, 0.15) is 213 Å². The van der Waals surface area contributed by atoms with Crippen molar-refractivity contribution in [1.82, 2.24) is 5.32 Å². The predicted molar refractivity (Wildman–Crippen MR) is 195 cm³/mol. The standard InChI is InChI=1S/C40H79NO4/c1-3-5-7-9-11-13-15-17-18-19-20-21-22-23-24-26-28-30-32-34-38(43)40(45)37(36-42)41-39(44)35-33-31-29-27-25-16-14-12-10-8-6-4-2/h12,14,37-38,40,42-43,45H,3-11,13,15-36H2,1-2H3,(H,41,44)/b14-12-. The summed E-state index contributed by atoms with van der Waals surface area (Å²) in [6.07, 6.45) is 40.2. The lowest BCUT2D eigenvalue weighted by Crippen LogP contribution is -2.50. The lowest BCUT2D eigenvalue weighted by atomic mass is 9.99. The number of rotatable bonds is 36. The molecule has 5 nitrogen and oxygen atoms in total. The number of unbranched alkanes of at least 4 members (excludes halogenated alkanes) is 26. The molecule has 0 fully saturated rings. The molecule has 3 unspecified atom stereocenters. The van der Waals surface area contributed by atoms with E-state index in [1.807, 2.05) is 0 Å². The minimum atomic E-state index is -1.13. The number of allylic oxidation sites excluding steroid dienone is 2. The number of amides is 1. The normalized spacial score (nSPS) is 13.8. The number of aliphatic hydroxyl groups excluding tert-OH is 3. The van der Waals surface area contributed by atoms with Gasteiger partial charge in [0.05, 0.1) is 18.8 Å². The first-order chi connectivity index (χ1) is 22.1. The van der Waals surface area contributed by atoms with E-state index < -0.39 is 18.2 Å². The molecule has 0 radical (unpaired) electrons. The van der Waals surface area contributed by atoms with Crippen LogP contribution in [0, 0.1) is 0 Å². The highest BCUT2D eigenvalue weighted by Crippen LogP contribution is 2.16. The summed E-state index contributed by atoms with van der Waals surface area (Å²) in [5.74, 6) is -0.154. The van der Waals surface area contributed by atoms with Crippen LogP contribution in [-0.2, 0) is 4.79 Å². The molecule has 0 aromatic heterocycles. The predicted octanol–water partition coefficient (Wildman–Crippen LogP) is 10.9. The minimum Gasteiger partial charge on any atom is -0.394 e. The number of hydrogen-bond donors (Lipinski definition) is 4. The number of hydrogen-bond acceptors (Lipinski definition) is 4. The molecular formula is C40H79NO4. The average Bonchev–Trinajstić information content (AvgIpc) is 3.04. The first-order valence-corrected chi connectivity index (χ1v) is 20.0. The minimum absolute atomic E-state index is 0.154. The number of carbonyl (C=O) groups is 1. The van der Waals surface area contributed by atoms with Crippen molar-refractivity contribution in [3.05, 3.63) is 12.2 Å². The maximum Gasteiger partial charge on any atom is 0.220 e. The van der Waals surface area contributed by atoms with Crippen LogP contribution < -0.4 is 5.32 Å². The highest BCUT2D eigenvalue weighted by Gasteiger charge is 2.26. The van der Waals surface area contributed by atoms with E-state index in [0.717, 1.165) is 44.9 Å². The molecule has 0 aliphatic rings. The van der Waals surface area contributed by atoms with E-state index in [0.29, 0.717) is 12.8 Å². The first kappa shape index (κ1) is 44.1. The fourth-order valence-electron chi connectivity index (χ4n) is 6.21. The highest BCUT2D eigenvalue weighted by atomic mass is 16.3. The largest absolute Gasteiger partial charge is 0.394 e. The maximum atomic E-state index is 12.3. The topological polar surface area (TPSA) is 89.8 Å². The monoisotopic (exact) mass is 638 g/mol. The summed E-state index contributed by atoms with van der Waals surface area (Å²) in [6.45, 7) is 4.15. The molecular weight excluding hydrogens is 558 g/mol. The molecule has 0 aromatic rings. The van der Waals surface area contributed by atoms with E-state index in [4.69, 9.17) is 0 Å². The van der Waals surface area contributed by atoms with Crippen LogP contribution in [0.2, 0.25) is 0 Å². The molecule has 4 N–H and O–H groups in total. The lowest BCUT2D eigenvalue weighted by molar-refractivity contribution is -0.124. The Bertz CT molecular complexity index is 625. The van der Waals surface area contributed by atoms with Crippen molar-refractivity contribution in [2.24, 2.45) is 0 Å². The van der Waals surface area contributed by atoms with E-state index in [1.54, 1.807) is 0 Å². The fraction of sp³-hybridized carbons (Fsp3) is 0.925. The van der Waals surface area contributed by atoms with Gasteiger partial charge in [0.25, 0.3) is 0 Å². The summed E-state index contributed by atoms with van der Waals surface area (Å²) in [6, 6.07) is -0.808. The Morgan fingerprint density at radius 2 is 0.889 bits per heavy atom. The molecule has 0 spiro atoms. The summed E-state index contributed by atoms with van der Waals surface area (Å²) in [5, 5.41) is 33.4. The average molecular weight is 638 g/mol. The van der Waals surface area contributed by atoms with E-state index in [2.05, 4.69) is 31.3 Å². The zero-order valence-electron chi connectivity index (χ0n) is 30.3. The molecule has 0 saturated carbocycles. The zero-order valence-corrected chi connectivity index (χ0v) is 30.3. The molecule has 0 heterocycles. The van der Waals surface area contributed by atoms with Crippen molar-refractivity contribution >= 4 is 5.91 Å². The van der Waals surface area contributed by atoms with Crippen molar-refractivity contribution in [2.45, 2.75) is 231 Å². The van der Waals surface area contributed by atoms with Crippen molar-refractivity contribution in [3.63, 3.8) is 0 Å². The number of aliphatic hydroxyl groups is 3. The summed E-state index contributed by atoms with van der Waals surface area (Å²) in [7, 11) is 0. The van der Waals surface area contributed by atoms with Gasteiger partial charge >= 0.3 is 0 Å². The molecule has 0 aliphatic carbocycles. The first-order valence-electron chi connectivity index (χ1n) is 20.0. The molecule has 0 saturated heterocycles. The van der Waals surface area contributed by atoms with Crippen molar-refractivity contribution < 1.29 is 20.1 Å². The zero-order chi connectivity index (χ0) is 33.1. The smallest absolute Gasteiger partial charge is 0.220 e. The Morgan fingerprint density at radius 3 is 1.33 bits per heavy atom. The second kappa shape index (κ2) is 35.9. The van der Waals surface area contributed by atoms with Crippen molar-refractivity contribution in [1.29, 1.82) is 0 Å². The molecule has 0 rings (SSSR count). The van der Waals surface area contributed by atoms with Gasteiger partial charge in [0.15, 0.2) is 0 Å². The summed E-state index contributed by atoms with van der Waals surface area (Å²) in [4.78, 5) is 12.3. The molecule has 0 aromatic carbocycles. The van der Waals surface area contributed by atoms with Crippen LogP contribution in [0.15, 0.2) is 12.2 Å². The van der Waals surface area contributed by atoms with Gasteiger partial charge in [-0.25, -0.2) is 0 Å². The van der Waals surface area contributed by atoms with Gasteiger partial charge in [-0.3, -0.25) is 4.79 Å². The fourth-order valence-corrected chi connectivity index (χ4v) is 6.21. The third-order valence-electron chi connectivity index (χ3n) is 9.37. The lowest BCUT2D eigenvalue weighted by Gasteiger charge is -2.26. The second-order valence-electron chi connectivity index (χ2n) is 13.8. The van der Waals surface area contributed by atoms with Gasteiger partial charge in [-0.2, -0.15) is 0 Å². The van der Waals surface area contributed by atoms with Crippen LogP contribution in [0.3, 0.4) is 0 Å². The molecule has 268 valence electrons. The van der Waals surface area contributed by atoms with Crippen LogP contribution in [0.25, 0.3) is 0 Å². The number of nitrogens with one attached hydrogen (secondary N) is 1. The van der Waals surface area contributed by atoms with Gasteiger partial charge in [-0.15, -0.1) is 0 Å². The van der Waals surface area contributed by atoms with Crippen molar-refractivity contribution in [3.8, 4) is 0 Å². The van der Waals surface area contributed by atoms with Crippen LogP contribution in [-0.4, -0.2) is 46.1 Å². The Hall–Kier alpha value is -0.910. The summed E-state index contributed by atoms with van der Waals surface area (Å²) in [5.41, 5.74) is 0. The third-order valence-corrected chi connectivity index (χ3v) is 9.37. The molecule has 0 bridgehead atoms. The SMILES string of the molecule is CCCCC/C=C\CCCCCCCC(=O)NC(CO)C(O)C(O)CCCCCCCCCCCCCCCCCCCCC. The second-order valence-corrected chi connectivity index (χ2v) is 13.8. The van der Waals surface area contributed by atoms with Gasteiger partial charge < -0.3 is 20.6 Å². The van der Waals surface area contributed by atoms with Gasteiger partial charge in [-0.1, -0.05) is 180 Å². The Morgan fingerprint density at radius 1 is 0.533 bits per heavy atom. The quantitative estimate of drug-likeness (QED) is 0.0406. The molecule has 5 heteroatoms. The van der Waals surface area contributed by atoms with Crippen LogP contribution in [0.4, 0.5) is 0 Å². The molecule has 45 heavy (non-hydrogen) atoms. The third kappa shape index (κ3) is 31.5. The Labute approximate surface area is 280 Å². The van der Waals surface area contributed by atoms with Gasteiger partial charge in [0.2, 0.25) is 5.91 Å². The van der Waals surface area contributed by atoms with Crippen LogP contribution in [0.5, 0.6) is 0 Å². The summed E-state index contributed by atoms with van der Waals surface area (Å²) < 4.78 is 0. The van der Waals surface area contributed by atoms with Gasteiger partial charge in [0.1, 0.15) is 6.10 Å². The summed E-state index contributed by atoms with van der Waals surface area (Å²) >= 11 is 0. The Kier molecular flexibility index (Phi) is 35.2. The van der Waals surface area contributed by atoms with E-state index in [-0.39, 0.29) is 12.5 Å². The maximum absolute atomic E-state index is 12.3. The van der Waals surface area contributed by atoms with Crippen LogP contribution >= 0.6 is 0 Å². The number of carbonyl (C=O) groups excluding carboxylic acids is 1. The molecule has 0 aliphatic heterocycles. The van der Waals surface area contributed by atoms with E-state index in [9.17, 15) is 20.1 Å². The van der Waals surface area contributed by atoms with Gasteiger partial charge in [-0.05, 0) is 38.5 Å². The highest BCUT2D eigenvalue weighted by molar-refractivity contribution is 5.76. The van der Waals surface area contributed by atoms with E-state index >= 15 is 0 Å². The van der Waals surface area contributed by atoms with Crippen molar-refractivity contribution in [2.75, 3.05) is 6.61 Å². The Balaban J connectivity index is 3.63.